The van der Waals surface area contributed by atoms with Crippen molar-refractivity contribution in [2.45, 2.75) is 25.2 Å². The van der Waals surface area contributed by atoms with Crippen LogP contribution in [0, 0.1) is 0 Å². The summed E-state index contributed by atoms with van der Waals surface area (Å²) in [5.74, 6) is 0.680. The summed E-state index contributed by atoms with van der Waals surface area (Å²) in [4.78, 5) is 21.5. The molecule has 0 N–H and O–H groups in total. The van der Waals surface area contributed by atoms with Gasteiger partial charge in [0.05, 0.1) is 0 Å². The van der Waals surface area contributed by atoms with E-state index in [1.54, 1.807) is 7.05 Å². The predicted molar refractivity (Wildman–Crippen MR) is 98.6 cm³/mol. The van der Waals surface area contributed by atoms with E-state index in [1.807, 2.05) is 4.90 Å². The molecule has 1 aromatic rings. The lowest BCUT2D eigenvalue weighted by molar-refractivity contribution is -0.125. The molecule has 128 valence electrons. The third kappa shape index (κ3) is 3.75. The van der Waals surface area contributed by atoms with E-state index in [-0.39, 0.29) is 5.91 Å². The van der Waals surface area contributed by atoms with Crippen molar-refractivity contribution in [3.63, 3.8) is 0 Å². The van der Waals surface area contributed by atoms with Gasteiger partial charge in [-0.25, -0.2) is 0 Å². The van der Waals surface area contributed by atoms with E-state index in [9.17, 15) is 4.79 Å². The summed E-state index contributed by atoms with van der Waals surface area (Å²) in [7, 11) is 3.84. The number of nitrogens with zero attached hydrogens (tertiary/aromatic N) is 3. The van der Waals surface area contributed by atoms with Crippen molar-refractivity contribution in [2.24, 2.45) is 4.99 Å². The van der Waals surface area contributed by atoms with Crippen molar-refractivity contribution in [1.29, 1.82) is 0 Å². The Morgan fingerprint density at radius 3 is 2.42 bits per heavy atom. The van der Waals surface area contributed by atoms with Gasteiger partial charge in [-0.1, -0.05) is 36.4 Å². The smallest absolute Gasteiger partial charge is 0.272 e. The lowest BCUT2D eigenvalue weighted by Crippen LogP contribution is -2.43. The van der Waals surface area contributed by atoms with Gasteiger partial charge in [-0.3, -0.25) is 9.79 Å². The number of piperidine rings is 1. The average Bonchev–Trinajstić information content (AvgIpc) is 2.64. The van der Waals surface area contributed by atoms with Crippen LogP contribution in [0.4, 0.5) is 0 Å². The SMILES string of the molecule is CN=C(C(=O)N1CCC(c2ccccc2)CC1)C1=CCN(C)CC1. The Kier molecular flexibility index (Phi) is 5.46. The minimum Gasteiger partial charge on any atom is -0.337 e. The molecule has 1 aromatic carbocycles. The summed E-state index contributed by atoms with van der Waals surface area (Å²) in [6.45, 7) is 3.54. The first-order valence-corrected chi connectivity index (χ1v) is 8.88. The molecule has 0 bridgehead atoms. The number of hydrogen-bond acceptors (Lipinski definition) is 3. The molecule has 0 unspecified atom stereocenters. The van der Waals surface area contributed by atoms with Crippen LogP contribution >= 0.6 is 0 Å². The minimum atomic E-state index is 0.111. The molecule has 1 amide bonds. The van der Waals surface area contributed by atoms with Crippen LogP contribution in [0.3, 0.4) is 0 Å². The van der Waals surface area contributed by atoms with E-state index in [1.165, 1.54) is 5.56 Å². The maximum Gasteiger partial charge on any atom is 0.272 e. The van der Waals surface area contributed by atoms with Crippen LogP contribution in [0.1, 0.15) is 30.7 Å². The van der Waals surface area contributed by atoms with Crippen LogP contribution in [0.25, 0.3) is 0 Å². The van der Waals surface area contributed by atoms with E-state index < -0.39 is 0 Å². The van der Waals surface area contributed by atoms with Crippen molar-refractivity contribution >= 4 is 11.6 Å². The molecule has 2 heterocycles. The first-order chi connectivity index (χ1) is 11.7. The molecule has 1 saturated heterocycles. The summed E-state index contributed by atoms with van der Waals surface area (Å²) < 4.78 is 0. The summed E-state index contributed by atoms with van der Waals surface area (Å²) in [6, 6.07) is 10.7. The highest BCUT2D eigenvalue weighted by molar-refractivity contribution is 6.45. The third-order valence-electron chi connectivity index (χ3n) is 5.20. The molecule has 4 nitrogen and oxygen atoms in total. The summed E-state index contributed by atoms with van der Waals surface area (Å²) in [5.41, 5.74) is 3.18. The largest absolute Gasteiger partial charge is 0.337 e. The fourth-order valence-electron chi connectivity index (χ4n) is 3.65. The Bertz CT molecular complexity index is 628. The molecule has 0 spiro atoms. The molecule has 2 aliphatic rings. The molecule has 0 aromatic heterocycles. The fraction of sp³-hybridized carbons (Fsp3) is 0.500. The summed E-state index contributed by atoms with van der Waals surface area (Å²) >= 11 is 0. The number of benzene rings is 1. The second-order valence-corrected chi connectivity index (χ2v) is 6.79. The number of likely N-dealkylation sites (N-methyl/N-ethyl adjacent to an activating group) is 1. The van der Waals surface area contributed by atoms with Crippen molar-refractivity contribution in [3.05, 3.63) is 47.5 Å². The molecule has 0 saturated carbocycles. The summed E-state index contributed by atoms with van der Waals surface area (Å²) in [5, 5.41) is 0. The van der Waals surface area contributed by atoms with E-state index in [0.29, 0.717) is 11.6 Å². The van der Waals surface area contributed by atoms with Gasteiger partial charge >= 0.3 is 0 Å². The zero-order valence-corrected chi connectivity index (χ0v) is 14.7. The van der Waals surface area contributed by atoms with Crippen LogP contribution in [-0.4, -0.2) is 61.7 Å². The molecule has 3 rings (SSSR count). The molecular formula is C20H27N3O. The van der Waals surface area contributed by atoms with Gasteiger partial charge < -0.3 is 9.80 Å². The number of carbonyl (C=O) groups excluding carboxylic acids is 1. The van der Waals surface area contributed by atoms with Crippen molar-refractivity contribution < 1.29 is 4.79 Å². The molecule has 4 heteroatoms. The van der Waals surface area contributed by atoms with Crippen molar-refractivity contribution in [3.8, 4) is 0 Å². The maximum absolute atomic E-state index is 12.9. The number of carbonyl (C=O) groups is 1. The monoisotopic (exact) mass is 325 g/mol. The number of hydrogen-bond donors (Lipinski definition) is 0. The Morgan fingerprint density at radius 2 is 1.83 bits per heavy atom. The molecule has 2 aliphatic heterocycles. The Morgan fingerprint density at radius 1 is 1.12 bits per heavy atom. The third-order valence-corrected chi connectivity index (χ3v) is 5.20. The molecule has 0 radical (unpaired) electrons. The normalized spacial score (nSPS) is 20.8. The molecular weight excluding hydrogens is 298 g/mol. The zero-order chi connectivity index (χ0) is 16.9. The topological polar surface area (TPSA) is 35.9 Å². The van der Waals surface area contributed by atoms with Crippen LogP contribution in [0.2, 0.25) is 0 Å². The van der Waals surface area contributed by atoms with Crippen molar-refractivity contribution in [2.75, 3.05) is 40.3 Å². The Balaban J connectivity index is 1.62. The zero-order valence-electron chi connectivity index (χ0n) is 14.7. The number of aliphatic imine (C=N–C) groups is 1. The van der Waals surface area contributed by atoms with Gasteiger partial charge in [0.25, 0.3) is 5.91 Å². The molecule has 1 fully saturated rings. The van der Waals surface area contributed by atoms with Gasteiger partial charge in [-0.2, -0.15) is 0 Å². The second-order valence-electron chi connectivity index (χ2n) is 6.79. The second kappa shape index (κ2) is 7.75. The number of rotatable bonds is 3. The van der Waals surface area contributed by atoms with Crippen LogP contribution in [0.5, 0.6) is 0 Å². The van der Waals surface area contributed by atoms with Crippen LogP contribution in [0.15, 0.2) is 47.0 Å². The highest BCUT2D eigenvalue weighted by Crippen LogP contribution is 2.28. The average molecular weight is 325 g/mol. The van der Waals surface area contributed by atoms with Gasteiger partial charge in [0.1, 0.15) is 5.71 Å². The van der Waals surface area contributed by atoms with Crippen molar-refractivity contribution in [1.82, 2.24) is 9.80 Å². The van der Waals surface area contributed by atoms with Gasteiger partial charge in [0.15, 0.2) is 0 Å². The summed E-state index contributed by atoms with van der Waals surface area (Å²) in [6.07, 6.45) is 5.14. The van der Waals surface area contributed by atoms with Crippen LogP contribution in [-0.2, 0) is 4.79 Å². The quantitative estimate of drug-likeness (QED) is 0.801. The fourth-order valence-corrected chi connectivity index (χ4v) is 3.65. The number of amides is 1. The standard InChI is InChI=1S/C20H27N3O/c1-21-19(18-8-12-22(2)13-9-18)20(24)23-14-10-17(11-15-23)16-6-4-3-5-7-16/h3-8,17H,9-15H2,1-2H3. The maximum atomic E-state index is 12.9. The highest BCUT2D eigenvalue weighted by Gasteiger charge is 2.28. The predicted octanol–water partition coefficient (Wildman–Crippen LogP) is 2.73. The Labute approximate surface area is 144 Å². The van der Waals surface area contributed by atoms with Gasteiger partial charge in [-0.05, 0) is 43.4 Å². The first kappa shape index (κ1) is 16.9. The highest BCUT2D eigenvalue weighted by atomic mass is 16.2. The van der Waals surface area contributed by atoms with Gasteiger partial charge in [-0.15, -0.1) is 0 Å². The van der Waals surface area contributed by atoms with Crippen LogP contribution < -0.4 is 0 Å². The lowest BCUT2D eigenvalue weighted by Gasteiger charge is -2.33. The van der Waals surface area contributed by atoms with E-state index in [4.69, 9.17) is 0 Å². The molecule has 0 atom stereocenters. The molecule has 0 aliphatic carbocycles. The van der Waals surface area contributed by atoms with E-state index in [0.717, 1.165) is 51.0 Å². The Hall–Kier alpha value is -1.94. The van der Waals surface area contributed by atoms with E-state index in [2.05, 4.69) is 53.3 Å². The first-order valence-electron chi connectivity index (χ1n) is 8.88. The van der Waals surface area contributed by atoms with E-state index >= 15 is 0 Å². The molecule has 24 heavy (non-hydrogen) atoms. The minimum absolute atomic E-state index is 0.111. The lowest BCUT2D eigenvalue weighted by atomic mass is 9.89. The number of likely N-dealkylation sites (tertiary alicyclic amines) is 1. The van der Waals surface area contributed by atoms with Gasteiger partial charge in [0.2, 0.25) is 0 Å². The van der Waals surface area contributed by atoms with Gasteiger partial charge in [0, 0.05) is 33.2 Å².